The number of benzene rings is 1. The van der Waals surface area contributed by atoms with E-state index < -0.39 is 26.0 Å². The van der Waals surface area contributed by atoms with Gasteiger partial charge in [-0.1, -0.05) is 43.8 Å². The van der Waals surface area contributed by atoms with Crippen molar-refractivity contribution in [3.05, 3.63) is 35.4 Å². The molecule has 1 aliphatic heterocycles. The normalized spacial score (nSPS) is 20.2. The molecule has 1 aromatic carbocycles. The molecule has 0 saturated heterocycles. The number of carboxylic acid groups (broad SMARTS) is 1. The zero-order valence-electron chi connectivity index (χ0n) is 14.5. The number of hydrogen-bond acceptors (Lipinski definition) is 3. The van der Waals surface area contributed by atoms with E-state index in [1.807, 2.05) is 0 Å². The Kier molecular flexibility index (Phi) is 5.47. The van der Waals surface area contributed by atoms with E-state index in [0.29, 0.717) is 24.3 Å². The standard InChI is InChI=1S/C18H23NO4Si/c1-23-11-10-19-15(9-12-24(2,3)4)16(18(21)22)13-7-5-6-8-14(13)17(19)20/h5-8,15-16H,10-11H2,1-4H3,(H,21,22). The Morgan fingerprint density at radius 2 is 2.00 bits per heavy atom. The summed E-state index contributed by atoms with van der Waals surface area (Å²) in [5, 5.41) is 9.79. The van der Waals surface area contributed by atoms with Crippen LogP contribution in [0.25, 0.3) is 0 Å². The average Bonchev–Trinajstić information content (AvgIpc) is 2.51. The first-order chi connectivity index (χ1) is 11.3. The molecular weight excluding hydrogens is 322 g/mol. The third-order valence-electron chi connectivity index (χ3n) is 3.84. The van der Waals surface area contributed by atoms with E-state index in [1.165, 1.54) is 4.90 Å². The molecule has 6 heteroatoms. The molecule has 128 valence electrons. The van der Waals surface area contributed by atoms with Gasteiger partial charge in [-0.15, -0.1) is 5.54 Å². The summed E-state index contributed by atoms with van der Waals surface area (Å²) in [7, 11) is -0.148. The Morgan fingerprint density at radius 1 is 1.33 bits per heavy atom. The molecule has 1 amide bonds. The van der Waals surface area contributed by atoms with Gasteiger partial charge in [0.2, 0.25) is 0 Å². The molecule has 1 aromatic rings. The van der Waals surface area contributed by atoms with Crippen molar-refractivity contribution in [2.45, 2.75) is 31.6 Å². The fourth-order valence-electron chi connectivity index (χ4n) is 2.74. The Morgan fingerprint density at radius 3 is 2.58 bits per heavy atom. The third kappa shape index (κ3) is 3.86. The fourth-order valence-corrected chi connectivity index (χ4v) is 3.32. The molecule has 1 N–H and O–H groups in total. The van der Waals surface area contributed by atoms with Gasteiger partial charge in [0.1, 0.15) is 20.0 Å². The summed E-state index contributed by atoms with van der Waals surface area (Å²) >= 11 is 0. The van der Waals surface area contributed by atoms with Crippen molar-refractivity contribution in [1.82, 2.24) is 4.90 Å². The monoisotopic (exact) mass is 345 g/mol. The highest BCUT2D eigenvalue weighted by Crippen LogP contribution is 2.33. The highest BCUT2D eigenvalue weighted by molar-refractivity contribution is 6.83. The average molecular weight is 345 g/mol. The SMILES string of the molecule is COCCN1C(=O)c2ccccc2C(C(=O)O)C1C#C[Si](C)(C)C. The van der Waals surface area contributed by atoms with Crippen molar-refractivity contribution in [1.29, 1.82) is 0 Å². The summed E-state index contributed by atoms with van der Waals surface area (Å²) in [4.78, 5) is 26.3. The number of carbonyl (C=O) groups is 2. The van der Waals surface area contributed by atoms with E-state index in [0.717, 1.165) is 0 Å². The van der Waals surface area contributed by atoms with Gasteiger partial charge in [-0.05, 0) is 11.6 Å². The predicted molar refractivity (Wildman–Crippen MR) is 94.6 cm³/mol. The lowest BCUT2D eigenvalue weighted by atomic mass is 9.83. The van der Waals surface area contributed by atoms with Gasteiger partial charge in [0.05, 0.1) is 6.61 Å². The summed E-state index contributed by atoms with van der Waals surface area (Å²) in [5.74, 6) is 1.11. The van der Waals surface area contributed by atoms with Gasteiger partial charge >= 0.3 is 5.97 Å². The molecular formula is C18H23NO4Si. The quantitative estimate of drug-likeness (QED) is 0.671. The van der Waals surface area contributed by atoms with Crippen LogP contribution in [0.5, 0.6) is 0 Å². The van der Waals surface area contributed by atoms with Crippen LogP contribution in [0.3, 0.4) is 0 Å². The molecule has 5 nitrogen and oxygen atoms in total. The molecule has 1 aliphatic rings. The Hall–Kier alpha value is -2.10. The number of amides is 1. The minimum absolute atomic E-state index is 0.185. The molecule has 0 aromatic heterocycles. The topological polar surface area (TPSA) is 66.8 Å². The molecule has 0 fully saturated rings. The molecule has 24 heavy (non-hydrogen) atoms. The number of aliphatic carboxylic acids is 1. The number of carboxylic acids is 1. The molecule has 0 radical (unpaired) electrons. The highest BCUT2D eigenvalue weighted by Gasteiger charge is 2.42. The van der Waals surface area contributed by atoms with Gasteiger partial charge in [0.25, 0.3) is 5.91 Å². The summed E-state index contributed by atoms with van der Waals surface area (Å²) in [6, 6.07) is 6.22. The molecule has 2 unspecified atom stereocenters. The van der Waals surface area contributed by atoms with E-state index in [9.17, 15) is 14.7 Å². The van der Waals surface area contributed by atoms with Crippen LogP contribution in [0.4, 0.5) is 0 Å². The van der Waals surface area contributed by atoms with E-state index >= 15 is 0 Å². The van der Waals surface area contributed by atoms with Crippen LogP contribution in [-0.4, -0.2) is 56.3 Å². The minimum Gasteiger partial charge on any atom is -0.481 e. The summed E-state index contributed by atoms with van der Waals surface area (Å²) in [6.45, 7) is 6.93. The molecule has 0 saturated carbocycles. The van der Waals surface area contributed by atoms with E-state index in [2.05, 4.69) is 31.1 Å². The first-order valence-electron chi connectivity index (χ1n) is 7.90. The van der Waals surface area contributed by atoms with Crippen LogP contribution < -0.4 is 0 Å². The van der Waals surface area contributed by atoms with Gasteiger partial charge in [0.15, 0.2) is 0 Å². The van der Waals surface area contributed by atoms with Crippen molar-refractivity contribution >= 4 is 20.0 Å². The Labute approximate surface area is 143 Å². The highest BCUT2D eigenvalue weighted by atomic mass is 28.3. The molecule has 0 spiro atoms. The largest absolute Gasteiger partial charge is 0.481 e. The Balaban J connectivity index is 2.57. The third-order valence-corrected chi connectivity index (χ3v) is 4.73. The number of carbonyl (C=O) groups excluding carboxylic acids is 1. The molecule has 2 rings (SSSR count). The smallest absolute Gasteiger partial charge is 0.314 e. The predicted octanol–water partition coefficient (Wildman–Crippen LogP) is 2.21. The van der Waals surface area contributed by atoms with Gasteiger partial charge in [-0.3, -0.25) is 9.59 Å². The maximum absolute atomic E-state index is 12.8. The maximum Gasteiger partial charge on any atom is 0.314 e. The number of hydrogen-bond donors (Lipinski definition) is 1. The number of rotatable bonds is 4. The summed E-state index contributed by atoms with van der Waals surface area (Å²) in [5.41, 5.74) is 4.20. The molecule has 1 heterocycles. The number of methoxy groups -OCH3 is 1. The second-order valence-corrected chi connectivity index (χ2v) is 11.6. The second-order valence-electron chi connectivity index (χ2n) is 6.86. The molecule has 0 aliphatic carbocycles. The van der Waals surface area contributed by atoms with Crippen molar-refractivity contribution in [3.8, 4) is 11.5 Å². The van der Waals surface area contributed by atoms with Crippen LogP contribution in [0.1, 0.15) is 21.8 Å². The summed E-state index contributed by atoms with van der Waals surface area (Å²) in [6.07, 6.45) is 0. The van der Waals surface area contributed by atoms with Gasteiger partial charge in [0, 0.05) is 19.2 Å². The fraction of sp³-hybridized carbons (Fsp3) is 0.444. The van der Waals surface area contributed by atoms with Crippen LogP contribution in [0.15, 0.2) is 24.3 Å². The zero-order chi connectivity index (χ0) is 17.9. The van der Waals surface area contributed by atoms with Crippen LogP contribution in [0.2, 0.25) is 19.6 Å². The number of fused-ring (bicyclic) bond motifs is 1. The first kappa shape index (κ1) is 18.2. The van der Waals surface area contributed by atoms with E-state index in [4.69, 9.17) is 4.74 Å². The van der Waals surface area contributed by atoms with E-state index in [-0.39, 0.29) is 5.91 Å². The van der Waals surface area contributed by atoms with Crippen molar-refractivity contribution < 1.29 is 19.4 Å². The lowest BCUT2D eigenvalue weighted by Crippen LogP contribution is -2.51. The van der Waals surface area contributed by atoms with Gasteiger partial charge in [-0.25, -0.2) is 0 Å². The minimum atomic E-state index is -1.70. The van der Waals surface area contributed by atoms with Crippen molar-refractivity contribution in [2.24, 2.45) is 0 Å². The van der Waals surface area contributed by atoms with Crippen LogP contribution in [0, 0.1) is 11.5 Å². The van der Waals surface area contributed by atoms with Crippen molar-refractivity contribution in [2.75, 3.05) is 20.3 Å². The van der Waals surface area contributed by atoms with Gasteiger partial charge < -0.3 is 14.7 Å². The second kappa shape index (κ2) is 7.20. The lowest BCUT2D eigenvalue weighted by Gasteiger charge is -2.37. The van der Waals surface area contributed by atoms with E-state index in [1.54, 1.807) is 31.4 Å². The van der Waals surface area contributed by atoms with Crippen LogP contribution in [-0.2, 0) is 9.53 Å². The van der Waals surface area contributed by atoms with Crippen LogP contribution >= 0.6 is 0 Å². The van der Waals surface area contributed by atoms with Gasteiger partial charge in [-0.2, -0.15) is 0 Å². The Bertz CT molecular complexity index is 699. The van der Waals surface area contributed by atoms with Crippen molar-refractivity contribution in [3.63, 3.8) is 0 Å². The number of ether oxygens (including phenoxy) is 1. The summed E-state index contributed by atoms with van der Waals surface area (Å²) < 4.78 is 5.09. The zero-order valence-corrected chi connectivity index (χ0v) is 15.5. The number of nitrogens with zero attached hydrogens (tertiary/aromatic N) is 1. The molecule has 0 bridgehead atoms. The lowest BCUT2D eigenvalue weighted by molar-refractivity contribution is -0.140. The first-order valence-corrected chi connectivity index (χ1v) is 11.4. The molecule has 2 atom stereocenters. The maximum atomic E-state index is 12.8.